The fraction of sp³-hybridized carbons (Fsp3) is 0.300. The minimum Gasteiger partial charge on any atom is -0.462 e. The number of fused-ring (bicyclic) bond motifs is 3. The average molecular weight is 457 g/mol. The van der Waals surface area contributed by atoms with Gasteiger partial charge < -0.3 is 9.84 Å². The first-order valence-electron chi connectivity index (χ1n) is 9.64. The number of carbonyl (C=O) groups is 1. The molecular weight excluding hydrogens is 438 g/mol. The minimum atomic E-state index is -1.53. The number of hydrogen-bond donors (Lipinski definition) is 1. The topological polar surface area (TPSA) is 141 Å². The predicted molar refractivity (Wildman–Crippen MR) is 118 cm³/mol. The number of non-ortho nitro benzene ring substituents is 1. The number of aliphatic hydroxyl groups is 1. The van der Waals surface area contributed by atoms with E-state index in [1.165, 1.54) is 40.6 Å². The molecule has 0 aliphatic carbocycles. The lowest BCUT2D eigenvalue weighted by Gasteiger charge is -2.19. The Morgan fingerprint density at radius 1 is 1.31 bits per heavy atom. The molecular formula is C20H19N5O6S. The second-order valence-electron chi connectivity index (χ2n) is 7.28. The Hall–Kier alpha value is -3.51. The number of nitrogens with zero attached hydrogens (tertiary/aromatic N) is 5. The van der Waals surface area contributed by atoms with Crippen molar-refractivity contribution in [1.29, 1.82) is 0 Å². The Morgan fingerprint density at radius 3 is 2.69 bits per heavy atom. The highest BCUT2D eigenvalue weighted by molar-refractivity contribution is 8.05. The van der Waals surface area contributed by atoms with Crippen LogP contribution in [0.3, 0.4) is 0 Å². The number of ether oxygens (including phenoxy) is 1. The number of azo groups is 1. The highest BCUT2D eigenvalue weighted by Gasteiger charge is 2.49. The van der Waals surface area contributed by atoms with Gasteiger partial charge in [0.25, 0.3) is 11.2 Å². The van der Waals surface area contributed by atoms with Gasteiger partial charge in [-0.05, 0) is 33.8 Å². The maximum absolute atomic E-state index is 13.1. The Kier molecular flexibility index (Phi) is 5.13. The molecule has 3 heterocycles. The second kappa shape index (κ2) is 7.57. The van der Waals surface area contributed by atoms with Crippen molar-refractivity contribution >= 4 is 46.2 Å². The van der Waals surface area contributed by atoms with Crippen LogP contribution in [0.15, 0.2) is 49.8 Å². The number of nitro benzene ring substituents is 1. The number of allylic oxidation sites excluding steroid dienone is 2. The fourth-order valence-electron chi connectivity index (χ4n) is 3.72. The molecule has 166 valence electrons. The summed E-state index contributed by atoms with van der Waals surface area (Å²) in [5, 5.41) is 29.9. The smallest absolute Gasteiger partial charge is 0.340 e. The summed E-state index contributed by atoms with van der Waals surface area (Å²) in [6, 6.07) is 5.58. The summed E-state index contributed by atoms with van der Waals surface area (Å²) >= 11 is 1.07. The SMILES string of the molecule is CCOC(=O)C1=C2C(=C(C)n3c(=O)c(N=Nc4cccc([N+](=O)[O-])c4)c(C)n32)SC1(C)O. The minimum absolute atomic E-state index is 0.0159. The molecule has 0 spiro atoms. The highest BCUT2D eigenvalue weighted by atomic mass is 32.2. The zero-order chi connectivity index (χ0) is 23.4. The molecule has 0 saturated carbocycles. The van der Waals surface area contributed by atoms with Crippen molar-refractivity contribution in [3.63, 3.8) is 0 Å². The van der Waals surface area contributed by atoms with Gasteiger partial charge in [-0.15, -0.1) is 5.11 Å². The number of benzene rings is 1. The van der Waals surface area contributed by atoms with Crippen molar-refractivity contribution in [1.82, 2.24) is 9.36 Å². The Labute approximate surface area is 185 Å². The van der Waals surface area contributed by atoms with E-state index in [0.717, 1.165) is 11.8 Å². The molecule has 12 heteroatoms. The number of nitro groups is 1. The summed E-state index contributed by atoms with van der Waals surface area (Å²) in [7, 11) is 0. The van der Waals surface area contributed by atoms with E-state index in [0.29, 0.717) is 22.0 Å². The molecule has 0 amide bonds. The van der Waals surface area contributed by atoms with Gasteiger partial charge in [-0.2, -0.15) is 5.11 Å². The van der Waals surface area contributed by atoms with Crippen molar-refractivity contribution in [3.8, 4) is 0 Å². The molecule has 0 saturated heterocycles. The molecule has 1 aromatic heterocycles. The van der Waals surface area contributed by atoms with Gasteiger partial charge in [-0.25, -0.2) is 14.2 Å². The largest absolute Gasteiger partial charge is 0.462 e. The molecule has 11 nitrogen and oxygen atoms in total. The van der Waals surface area contributed by atoms with Crippen LogP contribution in [0, 0.1) is 17.0 Å². The molecule has 0 fully saturated rings. The van der Waals surface area contributed by atoms with Crippen LogP contribution in [0.25, 0.3) is 11.4 Å². The van der Waals surface area contributed by atoms with Crippen molar-refractivity contribution in [3.05, 3.63) is 60.9 Å². The van der Waals surface area contributed by atoms with Gasteiger partial charge in [0, 0.05) is 12.1 Å². The summed E-state index contributed by atoms with van der Waals surface area (Å²) < 4.78 is 8.03. The monoisotopic (exact) mass is 457 g/mol. The molecule has 1 aromatic carbocycles. The van der Waals surface area contributed by atoms with Crippen LogP contribution in [0.5, 0.6) is 0 Å². The van der Waals surface area contributed by atoms with E-state index < -0.39 is 21.4 Å². The normalized spacial score (nSPS) is 19.7. The molecule has 4 rings (SSSR count). The lowest BCUT2D eigenvalue weighted by molar-refractivity contribution is -0.384. The number of hydrogen-bond acceptors (Lipinski definition) is 9. The molecule has 1 atom stereocenters. The van der Waals surface area contributed by atoms with E-state index in [-0.39, 0.29) is 29.2 Å². The third-order valence-electron chi connectivity index (χ3n) is 5.12. The Balaban J connectivity index is 1.87. The molecule has 32 heavy (non-hydrogen) atoms. The molecule has 1 N–H and O–H groups in total. The molecule has 0 bridgehead atoms. The van der Waals surface area contributed by atoms with Gasteiger partial charge in [-0.3, -0.25) is 14.9 Å². The van der Waals surface area contributed by atoms with Gasteiger partial charge in [-0.1, -0.05) is 17.8 Å². The van der Waals surface area contributed by atoms with Crippen LogP contribution in [0.2, 0.25) is 0 Å². The summed E-state index contributed by atoms with van der Waals surface area (Å²) in [6.07, 6.45) is 0. The standard InChI is InChI=1S/C20H19N5O6S/c1-5-31-19(27)14-16-17(32-20(14,4)28)11(3)24-18(26)15(10(2)23(16)24)22-21-12-7-6-8-13(9-12)25(29)30/h6-9,28H,5H2,1-4H3. The summed E-state index contributed by atoms with van der Waals surface area (Å²) in [5.74, 6) is -0.670. The van der Waals surface area contributed by atoms with Gasteiger partial charge >= 0.3 is 5.97 Å². The first kappa shape index (κ1) is 21.7. The maximum atomic E-state index is 13.1. The van der Waals surface area contributed by atoms with Crippen LogP contribution in [0.4, 0.5) is 17.1 Å². The first-order valence-corrected chi connectivity index (χ1v) is 10.5. The number of rotatable bonds is 5. The van der Waals surface area contributed by atoms with Crippen molar-refractivity contribution in [2.75, 3.05) is 6.61 Å². The van der Waals surface area contributed by atoms with Gasteiger partial charge in [0.1, 0.15) is 10.5 Å². The van der Waals surface area contributed by atoms with Crippen LogP contribution < -0.4 is 5.56 Å². The number of aromatic nitrogens is 2. The van der Waals surface area contributed by atoms with Crippen LogP contribution in [-0.4, -0.2) is 36.9 Å². The third-order valence-corrected chi connectivity index (χ3v) is 6.41. The predicted octanol–water partition coefficient (Wildman–Crippen LogP) is 3.71. The maximum Gasteiger partial charge on any atom is 0.340 e. The zero-order valence-electron chi connectivity index (χ0n) is 17.6. The van der Waals surface area contributed by atoms with Crippen LogP contribution in [-0.2, 0) is 9.53 Å². The van der Waals surface area contributed by atoms with E-state index in [2.05, 4.69) is 10.2 Å². The second-order valence-corrected chi connectivity index (χ2v) is 8.69. The quantitative estimate of drug-likeness (QED) is 0.312. The first-order chi connectivity index (χ1) is 15.1. The average Bonchev–Trinajstić information content (AvgIpc) is 3.25. The van der Waals surface area contributed by atoms with E-state index in [4.69, 9.17) is 4.74 Å². The molecule has 2 aliphatic heterocycles. The summed E-state index contributed by atoms with van der Waals surface area (Å²) in [6.45, 7) is 6.65. The molecule has 0 radical (unpaired) electrons. The van der Waals surface area contributed by atoms with E-state index in [9.17, 15) is 24.8 Å². The van der Waals surface area contributed by atoms with Crippen LogP contribution >= 0.6 is 11.8 Å². The lowest BCUT2D eigenvalue weighted by Crippen LogP contribution is -2.28. The van der Waals surface area contributed by atoms with E-state index in [1.807, 2.05) is 0 Å². The van der Waals surface area contributed by atoms with Gasteiger partial charge in [0.2, 0.25) is 0 Å². The zero-order valence-corrected chi connectivity index (χ0v) is 18.5. The lowest BCUT2D eigenvalue weighted by atomic mass is 10.1. The van der Waals surface area contributed by atoms with E-state index >= 15 is 0 Å². The Morgan fingerprint density at radius 2 is 2.03 bits per heavy atom. The van der Waals surface area contributed by atoms with Gasteiger partial charge in [0.05, 0.1) is 39.2 Å². The third kappa shape index (κ3) is 3.19. The van der Waals surface area contributed by atoms with Crippen molar-refractivity contribution in [2.45, 2.75) is 32.6 Å². The molecule has 2 aliphatic rings. The molecule has 2 aromatic rings. The number of thioether (sulfide) groups is 1. The van der Waals surface area contributed by atoms with Crippen molar-refractivity contribution in [2.24, 2.45) is 10.2 Å². The van der Waals surface area contributed by atoms with Gasteiger partial charge in [0.15, 0.2) is 5.69 Å². The van der Waals surface area contributed by atoms with Crippen LogP contribution in [0.1, 0.15) is 26.5 Å². The Bertz CT molecular complexity index is 1330. The van der Waals surface area contributed by atoms with Crippen molar-refractivity contribution < 1.29 is 19.6 Å². The fourth-order valence-corrected chi connectivity index (χ4v) is 4.92. The summed E-state index contributed by atoms with van der Waals surface area (Å²) in [5.41, 5.74) is 0.977. The molecule has 1 unspecified atom stereocenters. The highest BCUT2D eigenvalue weighted by Crippen LogP contribution is 2.55. The van der Waals surface area contributed by atoms with E-state index in [1.54, 1.807) is 20.8 Å². The number of carbonyl (C=O) groups excluding carboxylic acids is 1. The summed E-state index contributed by atoms with van der Waals surface area (Å²) in [4.78, 5) is 35.3. The number of esters is 1.